The number of hydrogen-bond donors (Lipinski definition) is 1. The fourth-order valence-electron chi connectivity index (χ4n) is 0.999. The molecule has 0 aliphatic heterocycles. The van der Waals surface area contributed by atoms with Gasteiger partial charge in [-0.3, -0.25) is 0 Å². The molecular weight excluding hydrogens is 180 g/mol. The van der Waals surface area contributed by atoms with Crippen molar-refractivity contribution in [3.05, 3.63) is 41.4 Å². The Morgan fingerprint density at radius 1 is 1.50 bits per heavy atom. The number of carboxylic acids is 1. The number of furan rings is 1. The summed E-state index contributed by atoms with van der Waals surface area (Å²) in [6.45, 7) is 3.58. The van der Waals surface area contributed by atoms with E-state index < -0.39 is 5.97 Å². The third-order valence-electron chi connectivity index (χ3n) is 1.62. The minimum atomic E-state index is -0.942. The Balaban J connectivity index is 2.69. The Morgan fingerprint density at radius 3 is 2.71 bits per heavy atom. The molecule has 0 bridgehead atoms. The summed E-state index contributed by atoms with van der Waals surface area (Å²) in [5.41, 5.74) is 0.673. The largest absolute Gasteiger partial charge is 0.478 e. The van der Waals surface area contributed by atoms with E-state index in [2.05, 4.69) is 0 Å². The quantitative estimate of drug-likeness (QED) is 0.591. The Hall–Kier alpha value is -1.77. The van der Waals surface area contributed by atoms with E-state index in [1.54, 1.807) is 19.1 Å². The lowest BCUT2D eigenvalue weighted by Crippen LogP contribution is -1.87. The molecule has 1 aromatic rings. The maximum absolute atomic E-state index is 10.3. The number of allylic oxidation sites excluding steroid dienone is 2. The van der Waals surface area contributed by atoms with Crippen molar-refractivity contribution in [1.82, 2.24) is 0 Å². The highest BCUT2D eigenvalue weighted by Gasteiger charge is 1.93. The first-order valence-corrected chi connectivity index (χ1v) is 4.23. The third-order valence-corrected chi connectivity index (χ3v) is 1.62. The van der Waals surface area contributed by atoms with Crippen LogP contribution in [0.5, 0.6) is 0 Å². The summed E-state index contributed by atoms with van der Waals surface area (Å²) in [5, 5.41) is 8.45. The molecule has 1 rings (SSSR count). The number of aliphatic carboxylic acids is 1. The molecule has 74 valence electrons. The van der Waals surface area contributed by atoms with Gasteiger partial charge in [0.25, 0.3) is 0 Å². The topological polar surface area (TPSA) is 50.4 Å². The maximum Gasteiger partial charge on any atom is 0.328 e. The molecule has 1 N–H and O–H groups in total. The molecule has 0 aliphatic rings. The van der Waals surface area contributed by atoms with Gasteiger partial charge >= 0.3 is 5.97 Å². The second-order valence-electron chi connectivity index (χ2n) is 3.01. The average Bonchev–Trinajstić information content (AvgIpc) is 2.47. The zero-order valence-electron chi connectivity index (χ0n) is 8.15. The molecule has 0 atom stereocenters. The second kappa shape index (κ2) is 4.46. The highest BCUT2D eigenvalue weighted by Crippen LogP contribution is 2.09. The van der Waals surface area contributed by atoms with Gasteiger partial charge in [0.2, 0.25) is 0 Å². The lowest BCUT2D eigenvalue weighted by atomic mass is 10.2. The van der Waals surface area contributed by atoms with Gasteiger partial charge in [-0.05, 0) is 37.6 Å². The summed E-state index contributed by atoms with van der Waals surface area (Å²) in [4.78, 5) is 10.3. The van der Waals surface area contributed by atoms with E-state index in [1.807, 2.05) is 19.1 Å². The van der Waals surface area contributed by atoms with Gasteiger partial charge in [-0.2, -0.15) is 0 Å². The summed E-state index contributed by atoms with van der Waals surface area (Å²) in [5.74, 6) is 0.618. The fourth-order valence-corrected chi connectivity index (χ4v) is 0.999. The Kier molecular flexibility index (Phi) is 3.29. The van der Waals surface area contributed by atoms with Gasteiger partial charge in [-0.1, -0.05) is 6.08 Å². The molecule has 3 heteroatoms. The van der Waals surface area contributed by atoms with E-state index in [4.69, 9.17) is 9.52 Å². The van der Waals surface area contributed by atoms with Crippen LogP contribution in [-0.2, 0) is 4.79 Å². The van der Waals surface area contributed by atoms with Gasteiger partial charge in [0.15, 0.2) is 0 Å². The standard InChI is InChI=1S/C11H12O3/c1-8(7-11(12)13)3-5-10-6-4-9(2)14-10/h3-7H,1-2H3,(H,12,13)/b5-3-,8-7+. The van der Waals surface area contributed by atoms with Crippen molar-refractivity contribution in [2.24, 2.45) is 0 Å². The first kappa shape index (κ1) is 10.3. The number of aryl methyl sites for hydroxylation is 1. The van der Waals surface area contributed by atoms with Gasteiger partial charge < -0.3 is 9.52 Å². The highest BCUT2D eigenvalue weighted by atomic mass is 16.4. The molecule has 0 saturated carbocycles. The lowest BCUT2D eigenvalue weighted by molar-refractivity contribution is -0.131. The normalized spacial score (nSPS) is 12.3. The highest BCUT2D eigenvalue weighted by molar-refractivity contribution is 5.81. The molecule has 0 amide bonds. The predicted octanol–water partition coefficient (Wildman–Crippen LogP) is 2.63. The molecule has 1 heterocycles. The average molecular weight is 192 g/mol. The van der Waals surface area contributed by atoms with Crippen LogP contribution in [0.3, 0.4) is 0 Å². The van der Waals surface area contributed by atoms with Crippen LogP contribution in [0, 0.1) is 6.92 Å². The summed E-state index contributed by atoms with van der Waals surface area (Å²) in [6.07, 6.45) is 4.58. The van der Waals surface area contributed by atoms with Crippen molar-refractivity contribution in [3.63, 3.8) is 0 Å². The van der Waals surface area contributed by atoms with Crippen LogP contribution in [0.15, 0.2) is 34.3 Å². The molecule has 3 nitrogen and oxygen atoms in total. The number of hydrogen-bond acceptors (Lipinski definition) is 2. The number of carboxylic acid groups (broad SMARTS) is 1. The van der Waals surface area contributed by atoms with Crippen molar-refractivity contribution >= 4 is 12.0 Å². The molecule has 0 unspecified atom stereocenters. The maximum atomic E-state index is 10.3. The predicted molar refractivity (Wildman–Crippen MR) is 53.9 cm³/mol. The van der Waals surface area contributed by atoms with Crippen LogP contribution in [-0.4, -0.2) is 11.1 Å². The smallest absolute Gasteiger partial charge is 0.328 e. The fraction of sp³-hybridized carbons (Fsp3) is 0.182. The van der Waals surface area contributed by atoms with E-state index in [-0.39, 0.29) is 0 Å². The molecule has 0 saturated heterocycles. The van der Waals surface area contributed by atoms with Crippen LogP contribution in [0.1, 0.15) is 18.4 Å². The molecule has 0 radical (unpaired) electrons. The van der Waals surface area contributed by atoms with E-state index in [0.29, 0.717) is 5.57 Å². The zero-order valence-corrected chi connectivity index (χ0v) is 8.15. The first-order chi connectivity index (χ1) is 6.58. The summed E-state index contributed by atoms with van der Waals surface area (Å²) >= 11 is 0. The van der Waals surface area contributed by atoms with E-state index in [9.17, 15) is 4.79 Å². The van der Waals surface area contributed by atoms with Crippen LogP contribution >= 0.6 is 0 Å². The summed E-state index contributed by atoms with van der Waals surface area (Å²) in [6, 6.07) is 3.69. The SMILES string of the molecule is CC(/C=C\c1ccc(C)o1)=C\C(=O)O. The molecule has 0 fully saturated rings. The number of rotatable bonds is 3. The van der Waals surface area contributed by atoms with Crippen molar-refractivity contribution in [2.75, 3.05) is 0 Å². The molecule has 14 heavy (non-hydrogen) atoms. The van der Waals surface area contributed by atoms with Gasteiger partial charge in [0, 0.05) is 6.08 Å². The van der Waals surface area contributed by atoms with Crippen LogP contribution in [0.25, 0.3) is 6.08 Å². The zero-order chi connectivity index (χ0) is 10.6. The molecule has 0 spiro atoms. The number of carbonyl (C=O) groups is 1. The lowest BCUT2D eigenvalue weighted by Gasteiger charge is -1.88. The van der Waals surface area contributed by atoms with Crippen molar-refractivity contribution in [3.8, 4) is 0 Å². The van der Waals surface area contributed by atoms with Crippen molar-refractivity contribution < 1.29 is 14.3 Å². The Labute approximate surface area is 82.4 Å². The molecule has 0 aromatic carbocycles. The van der Waals surface area contributed by atoms with Gasteiger partial charge in [0.05, 0.1) is 0 Å². The minimum Gasteiger partial charge on any atom is -0.478 e. The van der Waals surface area contributed by atoms with Crippen LogP contribution in [0.2, 0.25) is 0 Å². The molecule has 1 aromatic heterocycles. The van der Waals surface area contributed by atoms with E-state index >= 15 is 0 Å². The Bertz CT molecular complexity index is 383. The van der Waals surface area contributed by atoms with Gasteiger partial charge in [0.1, 0.15) is 11.5 Å². The second-order valence-corrected chi connectivity index (χ2v) is 3.01. The Morgan fingerprint density at radius 2 is 2.21 bits per heavy atom. The summed E-state index contributed by atoms with van der Waals surface area (Å²) in [7, 11) is 0. The summed E-state index contributed by atoms with van der Waals surface area (Å²) < 4.78 is 5.28. The monoisotopic (exact) mass is 192 g/mol. The molecular formula is C11H12O3. The van der Waals surface area contributed by atoms with Crippen molar-refractivity contribution in [1.29, 1.82) is 0 Å². The van der Waals surface area contributed by atoms with Crippen LogP contribution < -0.4 is 0 Å². The van der Waals surface area contributed by atoms with Crippen molar-refractivity contribution in [2.45, 2.75) is 13.8 Å². The van der Waals surface area contributed by atoms with E-state index in [0.717, 1.165) is 17.6 Å². The molecule has 0 aliphatic carbocycles. The third kappa shape index (κ3) is 3.31. The first-order valence-electron chi connectivity index (χ1n) is 4.23. The minimum absolute atomic E-state index is 0.673. The van der Waals surface area contributed by atoms with E-state index in [1.165, 1.54) is 0 Å². The van der Waals surface area contributed by atoms with Crippen LogP contribution in [0.4, 0.5) is 0 Å². The van der Waals surface area contributed by atoms with Gasteiger partial charge in [-0.25, -0.2) is 4.79 Å². The van der Waals surface area contributed by atoms with Gasteiger partial charge in [-0.15, -0.1) is 0 Å².